The highest BCUT2D eigenvalue weighted by Gasteiger charge is 2.16. The molecule has 7 nitrogen and oxygen atoms in total. The predicted octanol–water partition coefficient (Wildman–Crippen LogP) is 2.91. The zero-order valence-electron chi connectivity index (χ0n) is 15.9. The van der Waals surface area contributed by atoms with Crippen molar-refractivity contribution in [1.82, 2.24) is 15.2 Å². The molecule has 4 aromatic rings. The summed E-state index contributed by atoms with van der Waals surface area (Å²) >= 11 is 0. The second-order valence-corrected chi connectivity index (χ2v) is 6.63. The first-order valence-corrected chi connectivity index (χ1v) is 9.28. The maximum Gasteiger partial charge on any atom is 0.292 e. The van der Waals surface area contributed by atoms with E-state index >= 15 is 0 Å². The first kappa shape index (κ1) is 19.1. The smallest absolute Gasteiger partial charge is 0.292 e. The maximum absolute atomic E-state index is 12.9. The van der Waals surface area contributed by atoms with Crippen LogP contribution < -0.4 is 11.0 Å². The Morgan fingerprint density at radius 1 is 0.967 bits per heavy atom. The number of aromatic hydroxyl groups is 1. The van der Waals surface area contributed by atoms with E-state index in [2.05, 4.69) is 15.6 Å². The molecule has 7 heteroatoms. The first-order chi connectivity index (χ1) is 14.6. The van der Waals surface area contributed by atoms with E-state index in [1.807, 2.05) is 30.3 Å². The summed E-state index contributed by atoms with van der Waals surface area (Å²) in [6.07, 6.45) is 1.46. The lowest BCUT2D eigenvalue weighted by Crippen LogP contribution is -2.29. The molecule has 0 spiro atoms. The van der Waals surface area contributed by atoms with Crippen LogP contribution in [-0.4, -0.2) is 27.0 Å². The molecule has 0 radical (unpaired) electrons. The minimum Gasteiger partial charge on any atom is -0.508 e. The van der Waals surface area contributed by atoms with Gasteiger partial charge in [-0.2, -0.15) is 10.2 Å². The Kier molecular flexibility index (Phi) is 5.34. The van der Waals surface area contributed by atoms with E-state index in [9.17, 15) is 14.7 Å². The molecule has 0 aliphatic rings. The van der Waals surface area contributed by atoms with Gasteiger partial charge in [-0.15, -0.1) is 0 Å². The second kappa shape index (κ2) is 8.40. The normalized spacial score (nSPS) is 11.1. The van der Waals surface area contributed by atoms with Gasteiger partial charge in [0.25, 0.3) is 11.5 Å². The number of benzene rings is 3. The number of rotatable bonds is 5. The fourth-order valence-corrected chi connectivity index (χ4v) is 3.05. The van der Waals surface area contributed by atoms with Gasteiger partial charge >= 0.3 is 0 Å². The van der Waals surface area contributed by atoms with E-state index in [1.54, 1.807) is 36.4 Å². The Morgan fingerprint density at radius 3 is 2.37 bits per heavy atom. The van der Waals surface area contributed by atoms with Gasteiger partial charge in [-0.1, -0.05) is 48.5 Å². The number of hydrazone groups is 1. The van der Waals surface area contributed by atoms with Crippen LogP contribution in [0.2, 0.25) is 0 Å². The van der Waals surface area contributed by atoms with E-state index in [-0.39, 0.29) is 23.5 Å². The second-order valence-electron chi connectivity index (χ2n) is 6.63. The molecule has 3 aromatic carbocycles. The number of phenolic OH excluding ortho intramolecular Hbond substituents is 1. The van der Waals surface area contributed by atoms with Crippen LogP contribution in [0, 0.1) is 0 Å². The van der Waals surface area contributed by atoms with Crippen molar-refractivity contribution in [2.24, 2.45) is 5.10 Å². The summed E-state index contributed by atoms with van der Waals surface area (Å²) in [5.74, 6) is -0.379. The van der Waals surface area contributed by atoms with Crippen molar-refractivity contribution >= 4 is 22.9 Å². The van der Waals surface area contributed by atoms with Crippen LogP contribution in [0.15, 0.2) is 88.8 Å². The van der Waals surface area contributed by atoms with Gasteiger partial charge in [0.15, 0.2) is 5.69 Å². The van der Waals surface area contributed by atoms with Crippen molar-refractivity contribution in [3.05, 3.63) is 106 Å². The molecular weight excluding hydrogens is 380 g/mol. The Balaban J connectivity index is 1.66. The molecule has 2 N–H and O–H groups in total. The van der Waals surface area contributed by atoms with Crippen molar-refractivity contribution in [1.29, 1.82) is 0 Å². The van der Waals surface area contributed by atoms with Crippen LogP contribution in [0.4, 0.5) is 0 Å². The predicted molar refractivity (Wildman–Crippen MR) is 115 cm³/mol. The highest BCUT2D eigenvalue weighted by atomic mass is 16.3. The van der Waals surface area contributed by atoms with Crippen LogP contribution in [0.3, 0.4) is 0 Å². The monoisotopic (exact) mass is 398 g/mol. The third kappa shape index (κ3) is 4.10. The minimum atomic E-state index is -0.525. The van der Waals surface area contributed by atoms with Crippen molar-refractivity contribution in [2.75, 3.05) is 0 Å². The average Bonchev–Trinajstić information content (AvgIpc) is 2.78. The number of phenols is 1. The molecule has 0 bridgehead atoms. The van der Waals surface area contributed by atoms with E-state index < -0.39 is 5.91 Å². The Bertz CT molecular complexity index is 1280. The van der Waals surface area contributed by atoms with Gasteiger partial charge in [-0.05, 0) is 41.5 Å². The Morgan fingerprint density at radius 2 is 1.63 bits per heavy atom. The van der Waals surface area contributed by atoms with Crippen LogP contribution in [-0.2, 0) is 6.54 Å². The summed E-state index contributed by atoms with van der Waals surface area (Å²) in [6.45, 7) is 0.252. The van der Waals surface area contributed by atoms with Crippen LogP contribution >= 0.6 is 0 Å². The van der Waals surface area contributed by atoms with Gasteiger partial charge in [0.1, 0.15) is 5.75 Å². The molecule has 1 amide bonds. The van der Waals surface area contributed by atoms with Gasteiger partial charge in [0.05, 0.1) is 18.1 Å². The van der Waals surface area contributed by atoms with Crippen molar-refractivity contribution in [3.63, 3.8) is 0 Å². The van der Waals surface area contributed by atoms with E-state index in [0.29, 0.717) is 16.3 Å². The topological polar surface area (TPSA) is 96.6 Å². The molecule has 0 saturated carbocycles. The molecule has 4 rings (SSSR count). The van der Waals surface area contributed by atoms with Crippen LogP contribution in [0.25, 0.3) is 10.8 Å². The van der Waals surface area contributed by atoms with Crippen LogP contribution in [0.1, 0.15) is 21.6 Å². The number of nitrogens with zero attached hydrogens (tertiary/aromatic N) is 3. The average molecular weight is 398 g/mol. The standard InChI is InChI=1S/C23H18N4O3/c28-18-12-10-16(11-13-18)14-24-25-22(29)21-19-8-4-5-9-20(19)23(30)27(26-21)15-17-6-2-1-3-7-17/h1-14,28H,15H2,(H,25,29)/b24-14+. The van der Waals surface area contributed by atoms with Crippen LogP contribution in [0.5, 0.6) is 5.75 Å². The molecular formula is C23H18N4O3. The van der Waals surface area contributed by atoms with Gasteiger partial charge < -0.3 is 5.11 Å². The number of carbonyl (C=O) groups is 1. The lowest BCUT2D eigenvalue weighted by molar-refractivity contribution is 0.0949. The zero-order chi connectivity index (χ0) is 20.9. The summed E-state index contributed by atoms with van der Waals surface area (Å²) in [5, 5.41) is 18.5. The maximum atomic E-state index is 12.9. The third-order valence-corrected chi connectivity index (χ3v) is 4.53. The van der Waals surface area contributed by atoms with E-state index in [1.165, 1.54) is 23.0 Å². The molecule has 0 aliphatic carbocycles. The van der Waals surface area contributed by atoms with E-state index in [0.717, 1.165) is 5.56 Å². The first-order valence-electron chi connectivity index (χ1n) is 9.28. The molecule has 0 unspecified atom stereocenters. The SMILES string of the molecule is O=C(N/N=C/c1ccc(O)cc1)c1nn(Cc2ccccc2)c(=O)c2ccccc12. The van der Waals surface area contributed by atoms with Gasteiger partial charge in [0.2, 0.25) is 0 Å². The summed E-state index contributed by atoms with van der Waals surface area (Å²) < 4.78 is 1.29. The van der Waals surface area contributed by atoms with Gasteiger partial charge in [-0.25, -0.2) is 10.1 Å². The number of nitrogens with one attached hydrogen (secondary N) is 1. The lowest BCUT2D eigenvalue weighted by Gasteiger charge is -2.10. The van der Waals surface area contributed by atoms with Gasteiger partial charge in [0, 0.05) is 5.39 Å². The molecule has 0 saturated heterocycles. The molecule has 0 fully saturated rings. The van der Waals surface area contributed by atoms with Crippen molar-refractivity contribution in [3.8, 4) is 5.75 Å². The summed E-state index contributed by atoms with van der Waals surface area (Å²) in [7, 11) is 0. The number of carbonyl (C=O) groups excluding carboxylic acids is 1. The molecule has 148 valence electrons. The summed E-state index contributed by atoms with van der Waals surface area (Å²) in [4.78, 5) is 25.6. The zero-order valence-corrected chi connectivity index (χ0v) is 15.9. The Labute approximate surface area is 171 Å². The highest BCUT2D eigenvalue weighted by molar-refractivity contribution is 6.04. The fraction of sp³-hybridized carbons (Fsp3) is 0.0435. The fourth-order valence-electron chi connectivity index (χ4n) is 3.05. The molecule has 0 atom stereocenters. The largest absolute Gasteiger partial charge is 0.508 e. The third-order valence-electron chi connectivity index (χ3n) is 4.53. The molecule has 1 heterocycles. The van der Waals surface area contributed by atoms with E-state index in [4.69, 9.17) is 0 Å². The van der Waals surface area contributed by atoms with Gasteiger partial charge in [-0.3, -0.25) is 9.59 Å². The Hall–Kier alpha value is -4.26. The molecule has 30 heavy (non-hydrogen) atoms. The molecule has 0 aliphatic heterocycles. The number of aromatic nitrogens is 2. The molecule has 1 aromatic heterocycles. The lowest BCUT2D eigenvalue weighted by atomic mass is 10.1. The quantitative estimate of drug-likeness (QED) is 0.399. The highest BCUT2D eigenvalue weighted by Crippen LogP contribution is 2.14. The number of amides is 1. The minimum absolute atomic E-state index is 0.115. The van der Waals surface area contributed by atoms with Crippen molar-refractivity contribution < 1.29 is 9.90 Å². The number of fused-ring (bicyclic) bond motifs is 1. The number of hydrogen-bond donors (Lipinski definition) is 2. The summed E-state index contributed by atoms with van der Waals surface area (Å²) in [6, 6.07) is 22.7. The number of hydrogen-bond acceptors (Lipinski definition) is 5. The summed E-state index contributed by atoms with van der Waals surface area (Å²) in [5.41, 5.74) is 3.91. The van der Waals surface area contributed by atoms with Crippen molar-refractivity contribution in [2.45, 2.75) is 6.54 Å².